The highest BCUT2D eigenvalue weighted by Crippen LogP contribution is 2.49. The summed E-state index contributed by atoms with van der Waals surface area (Å²) in [6.07, 6.45) is 0. The second-order valence-electron chi connectivity index (χ2n) is 18.8. The monoisotopic (exact) mass is 902 g/mol. The van der Waals surface area contributed by atoms with Gasteiger partial charge in [0.15, 0.2) is 0 Å². The van der Waals surface area contributed by atoms with Crippen molar-refractivity contribution in [2.45, 2.75) is 0 Å². The normalized spacial score (nSPS) is 12.7. The van der Waals surface area contributed by atoms with Crippen LogP contribution >= 0.6 is 0 Å². The van der Waals surface area contributed by atoms with Crippen molar-refractivity contribution in [3.8, 4) is 33.6 Å². The summed E-state index contributed by atoms with van der Waals surface area (Å²) in [5, 5.41) is 4.95. The summed E-state index contributed by atoms with van der Waals surface area (Å²) in [4.78, 5) is 5.07. The molecule has 0 spiro atoms. The van der Waals surface area contributed by atoms with E-state index < -0.39 is 0 Å². The second kappa shape index (κ2) is 15.6. The Morgan fingerprint density at radius 2 is 0.634 bits per heavy atom. The number of rotatable bonds is 6. The van der Waals surface area contributed by atoms with E-state index in [9.17, 15) is 0 Å². The predicted molar refractivity (Wildman–Crippen MR) is 300 cm³/mol. The molecule has 0 aliphatic carbocycles. The van der Waals surface area contributed by atoms with Crippen LogP contribution < -0.4 is 26.2 Å². The molecule has 2 aromatic heterocycles. The van der Waals surface area contributed by atoms with Gasteiger partial charge in [-0.3, -0.25) is 0 Å². The lowest BCUT2D eigenvalue weighted by molar-refractivity contribution is 1.18. The fourth-order valence-electron chi connectivity index (χ4n) is 12.2. The number of para-hydroxylation sites is 8. The Kier molecular flexibility index (Phi) is 8.72. The maximum absolute atomic E-state index is 2.53. The third-order valence-electron chi connectivity index (χ3n) is 15.1. The van der Waals surface area contributed by atoms with E-state index in [0.29, 0.717) is 0 Å². The van der Waals surface area contributed by atoms with E-state index in [4.69, 9.17) is 0 Å². The average molecular weight is 903 g/mol. The van der Waals surface area contributed by atoms with Gasteiger partial charge in [0, 0.05) is 78.2 Å². The van der Waals surface area contributed by atoms with Crippen LogP contribution in [0.5, 0.6) is 0 Å². The number of hydrogen-bond donors (Lipinski definition) is 0. The highest BCUT2D eigenvalue weighted by Gasteiger charge is 2.44. The van der Waals surface area contributed by atoms with Crippen molar-refractivity contribution >= 4 is 101 Å². The molecule has 2 aliphatic heterocycles. The number of benzene rings is 11. The molecule has 0 unspecified atom stereocenters. The molecule has 11 aromatic carbocycles. The van der Waals surface area contributed by atoms with Crippen molar-refractivity contribution in [1.29, 1.82) is 0 Å². The molecule has 0 bridgehead atoms. The van der Waals surface area contributed by atoms with E-state index in [1.54, 1.807) is 0 Å². The fraction of sp³-hybridized carbons (Fsp3) is 0. The molecule has 15 rings (SSSR count). The Balaban J connectivity index is 0.990. The van der Waals surface area contributed by atoms with Gasteiger partial charge >= 0.3 is 0 Å². The van der Waals surface area contributed by atoms with Crippen LogP contribution in [0.1, 0.15) is 0 Å². The minimum atomic E-state index is -0.0570. The summed E-state index contributed by atoms with van der Waals surface area (Å²) in [6, 6.07) is 96.1. The average Bonchev–Trinajstić information content (AvgIpc) is 3.96. The Hall–Kier alpha value is -9.32. The number of hydrogen-bond acceptors (Lipinski definition) is 2. The number of aromatic nitrogens is 2. The van der Waals surface area contributed by atoms with Crippen LogP contribution in [-0.2, 0) is 0 Å². The maximum Gasteiger partial charge on any atom is 0.252 e. The van der Waals surface area contributed by atoms with Gasteiger partial charge in [-0.15, -0.1) is 0 Å². The molecule has 5 heteroatoms. The van der Waals surface area contributed by atoms with Crippen LogP contribution in [-0.4, -0.2) is 15.8 Å². The molecule has 71 heavy (non-hydrogen) atoms. The molecule has 4 nitrogen and oxygen atoms in total. The van der Waals surface area contributed by atoms with Crippen molar-refractivity contribution in [3.05, 3.63) is 261 Å². The van der Waals surface area contributed by atoms with E-state index in [0.717, 1.165) is 22.7 Å². The summed E-state index contributed by atoms with van der Waals surface area (Å²) in [5.41, 5.74) is 22.8. The number of nitrogens with zero attached hydrogens (tertiary/aromatic N) is 4. The van der Waals surface area contributed by atoms with E-state index in [2.05, 4.69) is 280 Å². The third-order valence-corrected chi connectivity index (χ3v) is 15.1. The van der Waals surface area contributed by atoms with Crippen LogP contribution in [0.2, 0.25) is 0 Å². The van der Waals surface area contributed by atoms with Crippen molar-refractivity contribution in [2.24, 2.45) is 0 Å². The summed E-state index contributed by atoms with van der Waals surface area (Å²) in [6.45, 7) is -0.0570. The van der Waals surface area contributed by atoms with E-state index in [1.165, 1.54) is 105 Å². The quantitative estimate of drug-likeness (QED) is 0.155. The molecule has 0 N–H and O–H groups in total. The summed E-state index contributed by atoms with van der Waals surface area (Å²) < 4.78 is 4.80. The summed E-state index contributed by atoms with van der Waals surface area (Å²) in [5.74, 6) is 0. The van der Waals surface area contributed by atoms with Gasteiger partial charge in [-0.1, -0.05) is 164 Å². The first-order valence-corrected chi connectivity index (χ1v) is 24.6. The predicted octanol–water partition coefficient (Wildman–Crippen LogP) is 15.3. The lowest BCUT2D eigenvalue weighted by Gasteiger charge is -2.45. The smallest absolute Gasteiger partial charge is 0.252 e. The largest absolute Gasteiger partial charge is 0.311 e. The Morgan fingerprint density at radius 1 is 0.268 bits per heavy atom. The van der Waals surface area contributed by atoms with Crippen LogP contribution in [0.15, 0.2) is 261 Å². The summed E-state index contributed by atoms with van der Waals surface area (Å²) in [7, 11) is 0. The third kappa shape index (κ3) is 5.87. The first kappa shape index (κ1) is 39.7. The second-order valence-corrected chi connectivity index (χ2v) is 18.8. The Morgan fingerprint density at radius 3 is 1.07 bits per heavy atom. The zero-order valence-electron chi connectivity index (χ0n) is 38.7. The van der Waals surface area contributed by atoms with Gasteiger partial charge in [0.2, 0.25) is 0 Å². The van der Waals surface area contributed by atoms with Gasteiger partial charge in [0.25, 0.3) is 6.71 Å². The van der Waals surface area contributed by atoms with Crippen LogP contribution in [0.4, 0.5) is 34.1 Å². The molecule has 330 valence electrons. The zero-order valence-corrected chi connectivity index (χ0v) is 38.7. The number of fused-ring (bicyclic) bond motifs is 10. The van der Waals surface area contributed by atoms with Crippen LogP contribution in [0, 0.1) is 0 Å². The molecule has 0 radical (unpaired) electrons. The summed E-state index contributed by atoms with van der Waals surface area (Å²) >= 11 is 0. The molecule has 0 fully saturated rings. The lowest BCUT2D eigenvalue weighted by Crippen LogP contribution is -2.61. The highest BCUT2D eigenvalue weighted by atomic mass is 15.2. The van der Waals surface area contributed by atoms with E-state index >= 15 is 0 Å². The fourth-order valence-corrected chi connectivity index (χ4v) is 12.2. The van der Waals surface area contributed by atoms with Gasteiger partial charge in [0.1, 0.15) is 0 Å². The molecule has 13 aromatic rings. The lowest BCUT2D eigenvalue weighted by atomic mass is 9.33. The first-order valence-electron chi connectivity index (χ1n) is 24.6. The molecular formula is C66H43BN4. The SMILES string of the molecule is c1ccc(N2c3cccc4c3B(c3cccc(-c5ccc6c(c5)c5ccccc5n6-c5ccccc5)c32)c2cccc(-c3ccc5c(c3)c3ccccc3n5-c3ccccc3)c2N4c2ccccc2)cc1. The maximum atomic E-state index is 2.53. The highest BCUT2D eigenvalue weighted by molar-refractivity contribution is 7.00. The van der Waals surface area contributed by atoms with Gasteiger partial charge < -0.3 is 18.9 Å². The van der Waals surface area contributed by atoms with Gasteiger partial charge in [-0.25, -0.2) is 0 Å². The number of anilines is 6. The van der Waals surface area contributed by atoms with Gasteiger partial charge in [-0.2, -0.15) is 0 Å². The molecule has 0 saturated heterocycles. The Labute approximate surface area is 412 Å². The molecule has 4 heterocycles. The first-order chi connectivity index (χ1) is 35.3. The van der Waals surface area contributed by atoms with E-state index in [-0.39, 0.29) is 6.71 Å². The van der Waals surface area contributed by atoms with Crippen LogP contribution in [0.3, 0.4) is 0 Å². The molecule has 2 aliphatic rings. The Bertz CT molecular complexity index is 3970. The van der Waals surface area contributed by atoms with Crippen molar-refractivity contribution in [3.63, 3.8) is 0 Å². The van der Waals surface area contributed by atoms with Crippen molar-refractivity contribution < 1.29 is 0 Å². The molecular weight excluding hydrogens is 860 g/mol. The zero-order chi connectivity index (χ0) is 46.6. The topological polar surface area (TPSA) is 16.3 Å². The van der Waals surface area contributed by atoms with Crippen LogP contribution in [0.25, 0.3) is 77.2 Å². The molecule has 0 saturated carbocycles. The van der Waals surface area contributed by atoms with Gasteiger partial charge in [0.05, 0.1) is 22.1 Å². The van der Waals surface area contributed by atoms with Gasteiger partial charge in [-0.05, 0) is 125 Å². The van der Waals surface area contributed by atoms with Crippen molar-refractivity contribution in [1.82, 2.24) is 9.13 Å². The van der Waals surface area contributed by atoms with Crippen molar-refractivity contribution in [2.75, 3.05) is 9.80 Å². The molecule has 0 amide bonds. The minimum Gasteiger partial charge on any atom is -0.311 e. The minimum absolute atomic E-state index is 0.0570. The van der Waals surface area contributed by atoms with E-state index in [1.807, 2.05) is 0 Å². The standard InChI is InChI=1S/C66H43BN4/c1-5-20-46(21-6-1)68-58-34-15-13-28-52(58)54-42-44(38-40-60(54)68)50-30-17-32-56-65(50)70(48-24-9-3-10-25-48)62-36-19-37-63-64(62)67(56)57-33-18-31-51(66(57)71(63)49-26-11-4-12-27-49)45-39-41-61-55(43-45)53-29-14-16-35-59(53)69(61)47-22-7-2-8-23-47/h1-43H. The molecule has 0 atom stereocenters.